The average Bonchev–Trinajstić information content (AvgIpc) is 3.64. The van der Waals surface area contributed by atoms with Gasteiger partial charge in [-0.15, -0.1) is 10.2 Å². The van der Waals surface area contributed by atoms with Gasteiger partial charge in [-0.2, -0.15) is 0 Å². The predicted molar refractivity (Wildman–Crippen MR) is 112 cm³/mol. The second kappa shape index (κ2) is 7.43. The molecule has 2 aromatic rings. The molecule has 0 radical (unpaired) electrons. The quantitative estimate of drug-likeness (QED) is 0.626. The van der Waals surface area contributed by atoms with Crippen molar-refractivity contribution in [2.75, 3.05) is 22.2 Å². The number of carbonyl (C=O) groups excluding carboxylic acids is 1. The first kappa shape index (κ1) is 19.1. The van der Waals surface area contributed by atoms with E-state index in [0.29, 0.717) is 18.4 Å². The number of carbonyl (C=O) groups is 1. The van der Waals surface area contributed by atoms with E-state index in [4.69, 9.17) is 0 Å². The molecule has 5 rings (SSSR count). The van der Waals surface area contributed by atoms with Crippen molar-refractivity contribution in [3.63, 3.8) is 0 Å². The topological polar surface area (TPSA) is 85.2 Å². The van der Waals surface area contributed by atoms with E-state index in [0.717, 1.165) is 29.5 Å². The molecular formula is C20H24N4O3S2. The lowest BCUT2D eigenvalue weighted by Crippen LogP contribution is -2.42. The SMILES string of the molecule is O=C(CSc1nnc(C2CC2)n1C1CC1)N(c1ccccc1)[C@@H]1CCS(=O)(=O)C1. The highest BCUT2D eigenvalue weighted by molar-refractivity contribution is 7.99. The standard InChI is InChI=1S/C20H24N4O3S2/c25-18(12-28-20-22-21-19(14-6-7-14)24(20)16-8-9-16)23(15-4-2-1-3-5-15)17-10-11-29(26,27)13-17/h1-5,14,16-17H,6-13H2/t17-/m1/s1. The van der Waals surface area contributed by atoms with Crippen molar-refractivity contribution in [2.24, 2.45) is 0 Å². The molecule has 3 aliphatic rings. The van der Waals surface area contributed by atoms with Gasteiger partial charge >= 0.3 is 0 Å². The van der Waals surface area contributed by atoms with Crippen molar-refractivity contribution in [3.05, 3.63) is 36.2 Å². The monoisotopic (exact) mass is 432 g/mol. The summed E-state index contributed by atoms with van der Waals surface area (Å²) in [4.78, 5) is 14.9. The number of thioether (sulfide) groups is 1. The maximum absolute atomic E-state index is 13.2. The molecule has 0 spiro atoms. The zero-order valence-corrected chi connectivity index (χ0v) is 17.7. The normalized spacial score (nSPS) is 23.2. The molecule has 0 unspecified atom stereocenters. The average molecular weight is 433 g/mol. The molecule has 0 bridgehead atoms. The van der Waals surface area contributed by atoms with Gasteiger partial charge in [-0.25, -0.2) is 8.42 Å². The summed E-state index contributed by atoms with van der Waals surface area (Å²) in [7, 11) is -3.09. The highest BCUT2D eigenvalue weighted by Crippen LogP contribution is 2.46. The Morgan fingerprint density at radius 1 is 1.10 bits per heavy atom. The fraction of sp³-hybridized carbons (Fsp3) is 0.550. The van der Waals surface area contributed by atoms with E-state index in [-0.39, 0.29) is 29.2 Å². The van der Waals surface area contributed by atoms with Crippen LogP contribution in [0.25, 0.3) is 0 Å². The number of benzene rings is 1. The van der Waals surface area contributed by atoms with Crippen molar-refractivity contribution < 1.29 is 13.2 Å². The lowest BCUT2D eigenvalue weighted by atomic mass is 10.2. The van der Waals surface area contributed by atoms with Crippen LogP contribution in [0.3, 0.4) is 0 Å². The lowest BCUT2D eigenvalue weighted by molar-refractivity contribution is -0.116. The van der Waals surface area contributed by atoms with Crippen molar-refractivity contribution in [3.8, 4) is 0 Å². The van der Waals surface area contributed by atoms with Crippen LogP contribution in [-0.2, 0) is 14.6 Å². The van der Waals surface area contributed by atoms with Gasteiger partial charge in [0.1, 0.15) is 5.82 Å². The van der Waals surface area contributed by atoms with Crippen molar-refractivity contribution in [2.45, 2.75) is 55.3 Å². The van der Waals surface area contributed by atoms with Crippen molar-refractivity contribution in [1.82, 2.24) is 14.8 Å². The van der Waals surface area contributed by atoms with Gasteiger partial charge in [-0.05, 0) is 44.2 Å². The minimum atomic E-state index is -3.09. The fourth-order valence-corrected chi connectivity index (χ4v) is 6.58. The largest absolute Gasteiger partial charge is 0.308 e. The third-order valence-corrected chi connectivity index (χ3v) is 8.42. The van der Waals surface area contributed by atoms with Gasteiger partial charge in [-0.3, -0.25) is 4.79 Å². The number of nitrogens with zero attached hydrogens (tertiary/aromatic N) is 4. The van der Waals surface area contributed by atoms with E-state index < -0.39 is 9.84 Å². The van der Waals surface area contributed by atoms with E-state index >= 15 is 0 Å². The number of hydrogen-bond donors (Lipinski definition) is 0. The number of sulfone groups is 1. The van der Waals surface area contributed by atoms with Crippen molar-refractivity contribution >= 4 is 33.2 Å². The summed E-state index contributed by atoms with van der Waals surface area (Å²) < 4.78 is 26.3. The fourth-order valence-electron chi connectivity index (χ4n) is 4.00. The van der Waals surface area contributed by atoms with Crippen LogP contribution < -0.4 is 4.90 Å². The number of hydrogen-bond acceptors (Lipinski definition) is 6. The van der Waals surface area contributed by atoms with Crippen LogP contribution in [0.2, 0.25) is 0 Å². The number of amides is 1. The Morgan fingerprint density at radius 2 is 1.86 bits per heavy atom. The highest BCUT2D eigenvalue weighted by Gasteiger charge is 2.38. The number of para-hydroxylation sites is 1. The third-order valence-electron chi connectivity index (χ3n) is 5.75. The molecule has 2 aliphatic carbocycles. The summed E-state index contributed by atoms with van der Waals surface area (Å²) in [5.41, 5.74) is 0.752. The molecular weight excluding hydrogens is 408 g/mol. The molecule has 1 saturated heterocycles. The van der Waals surface area contributed by atoms with Crippen LogP contribution in [0, 0.1) is 0 Å². The second-order valence-electron chi connectivity index (χ2n) is 8.16. The Balaban J connectivity index is 1.35. The summed E-state index contributed by atoms with van der Waals surface area (Å²) in [6.45, 7) is 0. The van der Waals surface area contributed by atoms with Crippen LogP contribution in [0.4, 0.5) is 5.69 Å². The van der Waals surface area contributed by atoms with Gasteiger partial charge in [0.15, 0.2) is 15.0 Å². The molecule has 0 N–H and O–H groups in total. The van der Waals surface area contributed by atoms with E-state index in [1.165, 1.54) is 24.6 Å². The summed E-state index contributed by atoms with van der Waals surface area (Å²) in [5, 5.41) is 9.59. The molecule has 29 heavy (non-hydrogen) atoms. The van der Waals surface area contributed by atoms with E-state index in [9.17, 15) is 13.2 Å². The number of aromatic nitrogens is 3. The molecule has 2 saturated carbocycles. The zero-order chi connectivity index (χ0) is 20.0. The second-order valence-corrected chi connectivity index (χ2v) is 11.3. The summed E-state index contributed by atoms with van der Waals surface area (Å²) in [6, 6.07) is 9.54. The van der Waals surface area contributed by atoms with Crippen LogP contribution in [0.15, 0.2) is 35.5 Å². The highest BCUT2D eigenvalue weighted by atomic mass is 32.2. The molecule has 3 fully saturated rings. The smallest absolute Gasteiger partial charge is 0.237 e. The van der Waals surface area contributed by atoms with Crippen LogP contribution in [-0.4, -0.2) is 52.4 Å². The number of rotatable bonds is 7. The lowest BCUT2D eigenvalue weighted by Gasteiger charge is -2.28. The maximum atomic E-state index is 13.2. The summed E-state index contributed by atoms with van der Waals surface area (Å²) in [6.07, 6.45) is 5.13. The molecule has 7 nitrogen and oxygen atoms in total. The molecule has 1 aromatic carbocycles. The summed E-state index contributed by atoms with van der Waals surface area (Å²) in [5.74, 6) is 1.91. The first-order chi connectivity index (χ1) is 14.0. The van der Waals surface area contributed by atoms with Gasteiger partial charge < -0.3 is 9.47 Å². The molecule has 1 aromatic heterocycles. The minimum absolute atomic E-state index is 0.0301. The van der Waals surface area contributed by atoms with Gasteiger partial charge in [0, 0.05) is 17.6 Å². The van der Waals surface area contributed by atoms with Gasteiger partial charge in [-0.1, -0.05) is 30.0 Å². The predicted octanol–water partition coefficient (Wildman–Crippen LogP) is 2.80. The van der Waals surface area contributed by atoms with Crippen LogP contribution >= 0.6 is 11.8 Å². The van der Waals surface area contributed by atoms with Gasteiger partial charge in [0.05, 0.1) is 23.3 Å². The molecule has 2 heterocycles. The molecule has 1 amide bonds. The first-order valence-corrected chi connectivity index (χ1v) is 13.0. The van der Waals surface area contributed by atoms with Gasteiger partial charge in [0.25, 0.3) is 0 Å². The third kappa shape index (κ3) is 4.07. The Hall–Kier alpha value is -1.87. The Labute approximate surface area is 174 Å². The Morgan fingerprint density at radius 3 is 2.48 bits per heavy atom. The number of anilines is 1. The molecule has 9 heteroatoms. The van der Waals surface area contributed by atoms with Gasteiger partial charge in [0.2, 0.25) is 5.91 Å². The van der Waals surface area contributed by atoms with E-state index in [1.54, 1.807) is 4.90 Å². The van der Waals surface area contributed by atoms with E-state index in [2.05, 4.69) is 14.8 Å². The van der Waals surface area contributed by atoms with E-state index in [1.807, 2.05) is 30.3 Å². The first-order valence-electron chi connectivity index (χ1n) is 10.2. The van der Waals surface area contributed by atoms with Crippen LogP contribution in [0.5, 0.6) is 0 Å². The molecule has 1 aliphatic heterocycles. The van der Waals surface area contributed by atoms with Crippen LogP contribution in [0.1, 0.15) is 49.9 Å². The zero-order valence-electron chi connectivity index (χ0n) is 16.1. The molecule has 1 atom stereocenters. The van der Waals surface area contributed by atoms with Crippen molar-refractivity contribution in [1.29, 1.82) is 0 Å². The summed E-state index contributed by atoms with van der Waals surface area (Å²) >= 11 is 1.42. The maximum Gasteiger partial charge on any atom is 0.237 e. The minimum Gasteiger partial charge on any atom is -0.308 e. The Kier molecular flexibility index (Phi) is 4.90. The molecule has 154 valence electrons. The Bertz CT molecular complexity index is 1010.